The van der Waals surface area contributed by atoms with Crippen molar-refractivity contribution in [1.29, 1.82) is 0 Å². The number of thiazole rings is 1. The lowest BCUT2D eigenvalue weighted by Crippen LogP contribution is -2.11. The first-order valence-electron chi connectivity index (χ1n) is 6.01. The van der Waals surface area contributed by atoms with E-state index in [9.17, 15) is 0 Å². The molecule has 6 heteroatoms. The molecule has 4 nitrogen and oxygen atoms in total. The molecule has 0 saturated heterocycles. The third kappa shape index (κ3) is 2.92. The summed E-state index contributed by atoms with van der Waals surface area (Å²) in [6, 6.07) is 5.83. The van der Waals surface area contributed by atoms with Crippen LogP contribution in [0.3, 0.4) is 0 Å². The van der Waals surface area contributed by atoms with E-state index in [1.54, 1.807) is 35.1 Å². The number of hydrogen-bond donors (Lipinski definition) is 0. The summed E-state index contributed by atoms with van der Waals surface area (Å²) in [5.41, 5.74) is 2.98. The summed E-state index contributed by atoms with van der Waals surface area (Å²) in [5, 5.41) is 10.6. The molecule has 0 aliphatic carbocycles. The van der Waals surface area contributed by atoms with Crippen molar-refractivity contribution in [2.45, 2.75) is 6.92 Å². The topological polar surface area (TPSA) is 42.5 Å². The molecule has 3 rings (SSSR count). The standard InChI is InChI=1S/C14H12N4S2/c1-11-9-20-14(17-13-3-2-5-15-8-13)18(11)16-7-12-4-6-19-10-12/h2-10H,1H3/b16-7+,17-14?. The lowest BCUT2D eigenvalue weighted by Gasteiger charge is -1.97. The van der Waals surface area contributed by atoms with Gasteiger partial charge < -0.3 is 0 Å². The minimum atomic E-state index is 0.828. The maximum atomic E-state index is 4.57. The lowest BCUT2D eigenvalue weighted by atomic mass is 10.4. The molecule has 0 fully saturated rings. The van der Waals surface area contributed by atoms with Crippen LogP contribution in [0.25, 0.3) is 0 Å². The first kappa shape index (κ1) is 13.0. The van der Waals surface area contributed by atoms with Gasteiger partial charge in [-0.2, -0.15) is 16.4 Å². The summed E-state index contributed by atoms with van der Waals surface area (Å²) in [6.07, 6.45) is 5.32. The second-order valence-corrected chi connectivity index (χ2v) is 5.71. The first-order valence-corrected chi connectivity index (χ1v) is 7.83. The highest BCUT2D eigenvalue weighted by atomic mass is 32.1. The second kappa shape index (κ2) is 5.94. The SMILES string of the molecule is Cc1csc(=Nc2cccnc2)n1/N=C/c1ccsc1. The van der Waals surface area contributed by atoms with Gasteiger partial charge in [-0.25, -0.2) is 9.67 Å². The quantitative estimate of drug-likeness (QED) is 0.683. The fraction of sp³-hybridized carbons (Fsp3) is 0.0714. The van der Waals surface area contributed by atoms with Crippen molar-refractivity contribution in [3.63, 3.8) is 0 Å². The van der Waals surface area contributed by atoms with Crippen LogP contribution in [0.2, 0.25) is 0 Å². The largest absolute Gasteiger partial charge is 0.262 e. The number of aryl methyl sites for hydroxylation is 1. The fourth-order valence-electron chi connectivity index (χ4n) is 1.61. The molecule has 3 aromatic rings. The van der Waals surface area contributed by atoms with E-state index in [2.05, 4.69) is 20.5 Å². The van der Waals surface area contributed by atoms with Gasteiger partial charge in [0.2, 0.25) is 4.80 Å². The van der Waals surface area contributed by atoms with Gasteiger partial charge in [0, 0.05) is 17.1 Å². The number of aromatic nitrogens is 2. The molecule has 0 aliphatic rings. The van der Waals surface area contributed by atoms with Crippen LogP contribution in [0.1, 0.15) is 11.3 Å². The Morgan fingerprint density at radius 2 is 2.25 bits per heavy atom. The average Bonchev–Trinajstić information content (AvgIpc) is 3.09. The first-order chi connectivity index (χ1) is 9.83. The van der Waals surface area contributed by atoms with Crippen molar-refractivity contribution in [3.05, 3.63) is 62.8 Å². The van der Waals surface area contributed by atoms with Gasteiger partial charge >= 0.3 is 0 Å². The normalized spacial score (nSPS) is 12.3. The van der Waals surface area contributed by atoms with Gasteiger partial charge in [-0.1, -0.05) is 0 Å². The predicted octanol–water partition coefficient (Wildman–Crippen LogP) is 3.43. The third-order valence-electron chi connectivity index (χ3n) is 2.59. The monoisotopic (exact) mass is 300 g/mol. The van der Waals surface area contributed by atoms with Crippen molar-refractivity contribution in [2.24, 2.45) is 10.1 Å². The molecule has 0 saturated carbocycles. The number of rotatable bonds is 3. The number of pyridine rings is 1. The van der Waals surface area contributed by atoms with E-state index < -0.39 is 0 Å². The van der Waals surface area contributed by atoms with Crippen LogP contribution in [0.15, 0.2) is 56.8 Å². The lowest BCUT2D eigenvalue weighted by molar-refractivity contribution is 0.809. The van der Waals surface area contributed by atoms with Crippen LogP contribution in [0, 0.1) is 6.92 Å². The highest BCUT2D eigenvalue weighted by molar-refractivity contribution is 7.08. The molecular weight excluding hydrogens is 288 g/mol. The van der Waals surface area contributed by atoms with Gasteiger partial charge in [-0.15, -0.1) is 11.3 Å². The minimum absolute atomic E-state index is 0.828. The van der Waals surface area contributed by atoms with Gasteiger partial charge in [0.1, 0.15) is 0 Å². The molecule has 20 heavy (non-hydrogen) atoms. The fourth-order valence-corrected chi connectivity index (χ4v) is 3.04. The Balaban J connectivity index is 2.00. The van der Waals surface area contributed by atoms with Gasteiger partial charge in [0.25, 0.3) is 0 Å². The van der Waals surface area contributed by atoms with Crippen molar-refractivity contribution in [3.8, 4) is 0 Å². The Morgan fingerprint density at radius 3 is 3.00 bits per heavy atom. The summed E-state index contributed by atoms with van der Waals surface area (Å²) >= 11 is 3.22. The highest BCUT2D eigenvalue weighted by Gasteiger charge is 1.99. The van der Waals surface area contributed by atoms with E-state index >= 15 is 0 Å². The van der Waals surface area contributed by atoms with Crippen LogP contribution in [0.4, 0.5) is 5.69 Å². The third-order valence-corrected chi connectivity index (χ3v) is 4.22. The van der Waals surface area contributed by atoms with Crippen LogP contribution in [0.5, 0.6) is 0 Å². The molecule has 100 valence electrons. The predicted molar refractivity (Wildman–Crippen MR) is 83.8 cm³/mol. The minimum Gasteiger partial charge on any atom is -0.262 e. The summed E-state index contributed by atoms with van der Waals surface area (Å²) in [7, 11) is 0. The molecule has 3 heterocycles. The molecule has 3 aromatic heterocycles. The van der Waals surface area contributed by atoms with Crippen LogP contribution in [-0.2, 0) is 0 Å². The molecule has 0 amide bonds. The average molecular weight is 300 g/mol. The maximum Gasteiger partial charge on any atom is 0.211 e. The molecule has 0 spiro atoms. The summed E-state index contributed by atoms with van der Waals surface area (Å²) in [6.45, 7) is 2.02. The smallest absolute Gasteiger partial charge is 0.211 e. The van der Waals surface area contributed by atoms with E-state index in [1.165, 1.54) is 0 Å². The molecule has 0 radical (unpaired) electrons. The van der Waals surface area contributed by atoms with Gasteiger partial charge in [0.15, 0.2) is 0 Å². The zero-order chi connectivity index (χ0) is 13.8. The van der Waals surface area contributed by atoms with Crippen LogP contribution in [-0.4, -0.2) is 15.9 Å². The number of nitrogens with zero attached hydrogens (tertiary/aromatic N) is 4. The Morgan fingerprint density at radius 1 is 1.30 bits per heavy atom. The molecule has 0 bridgehead atoms. The maximum absolute atomic E-state index is 4.57. The zero-order valence-electron chi connectivity index (χ0n) is 10.8. The van der Waals surface area contributed by atoms with E-state index in [0.717, 1.165) is 21.7 Å². The summed E-state index contributed by atoms with van der Waals surface area (Å²) in [5.74, 6) is 0. The van der Waals surface area contributed by atoms with E-state index in [-0.39, 0.29) is 0 Å². The van der Waals surface area contributed by atoms with Crippen molar-refractivity contribution < 1.29 is 0 Å². The van der Waals surface area contributed by atoms with Crippen molar-refractivity contribution in [2.75, 3.05) is 0 Å². The van der Waals surface area contributed by atoms with E-state index in [0.29, 0.717) is 0 Å². The Kier molecular flexibility index (Phi) is 3.85. The molecule has 0 aromatic carbocycles. The molecular formula is C14H12N4S2. The van der Waals surface area contributed by atoms with Gasteiger partial charge in [-0.3, -0.25) is 4.98 Å². The Hall–Kier alpha value is -2.05. The molecule has 0 unspecified atom stereocenters. The summed E-state index contributed by atoms with van der Waals surface area (Å²) < 4.78 is 1.84. The van der Waals surface area contributed by atoms with E-state index in [1.807, 2.05) is 46.8 Å². The second-order valence-electron chi connectivity index (χ2n) is 4.10. The molecule has 0 N–H and O–H groups in total. The van der Waals surface area contributed by atoms with Crippen molar-refractivity contribution >= 4 is 34.6 Å². The molecule has 0 aliphatic heterocycles. The number of hydrogen-bond acceptors (Lipinski definition) is 5. The molecule has 0 atom stereocenters. The van der Waals surface area contributed by atoms with E-state index in [4.69, 9.17) is 0 Å². The van der Waals surface area contributed by atoms with Crippen LogP contribution >= 0.6 is 22.7 Å². The number of thiophene rings is 1. The van der Waals surface area contributed by atoms with Crippen molar-refractivity contribution in [1.82, 2.24) is 9.66 Å². The highest BCUT2D eigenvalue weighted by Crippen LogP contribution is 2.09. The summed E-state index contributed by atoms with van der Waals surface area (Å²) in [4.78, 5) is 9.47. The zero-order valence-corrected chi connectivity index (χ0v) is 12.4. The van der Waals surface area contributed by atoms with Crippen LogP contribution < -0.4 is 4.80 Å². The Labute approximate surface area is 124 Å². The Bertz CT molecular complexity index is 767. The van der Waals surface area contributed by atoms with Gasteiger partial charge in [0.05, 0.1) is 23.8 Å². The van der Waals surface area contributed by atoms with Gasteiger partial charge in [-0.05, 0) is 35.9 Å².